The van der Waals surface area contributed by atoms with Crippen LogP contribution < -0.4 is 10.0 Å². The fraction of sp³-hybridized carbons (Fsp3) is 0.333. The van der Waals surface area contributed by atoms with Gasteiger partial charge in [0.25, 0.3) is 0 Å². The smallest absolute Gasteiger partial charge is 0.301 e. The maximum absolute atomic E-state index is 13.0. The molecule has 2 rings (SSSR count). The quantitative estimate of drug-likeness (QED) is 0.797. The van der Waals surface area contributed by atoms with E-state index in [9.17, 15) is 26.4 Å². The number of hydrogen-bond acceptors (Lipinski definition) is 5. The van der Waals surface area contributed by atoms with Gasteiger partial charge in [0.05, 0.1) is 22.2 Å². The van der Waals surface area contributed by atoms with E-state index in [4.69, 9.17) is 0 Å². The maximum atomic E-state index is 13.0. The Kier molecular flexibility index (Phi) is 5.73. The van der Waals surface area contributed by atoms with E-state index in [1.54, 1.807) is 6.92 Å². The number of rotatable bonds is 5. The molecule has 1 aromatic heterocycles. The Morgan fingerprint density at radius 1 is 1.23 bits per heavy atom. The van der Waals surface area contributed by atoms with Gasteiger partial charge in [0.15, 0.2) is 5.13 Å². The number of hydrogen-bond donors (Lipinski definition) is 2. The van der Waals surface area contributed by atoms with Crippen LogP contribution in [0.1, 0.15) is 23.1 Å². The van der Waals surface area contributed by atoms with Gasteiger partial charge in [-0.2, -0.15) is 17.9 Å². The second-order valence-electron chi connectivity index (χ2n) is 5.49. The summed E-state index contributed by atoms with van der Waals surface area (Å²) in [6.45, 7) is 4.79. The highest BCUT2D eigenvalue weighted by Crippen LogP contribution is 2.34. The van der Waals surface area contributed by atoms with E-state index in [0.29, 0.717) is 6.07 Å². The highest BCUT2D eigenvalue weighted by Gasteiger charge is 2.37. The van der Waals surface area contributed by atoms with Gasteiger partial charge in [0, 0.05) is 4.88 Å². The van der Waals surface area contributed by atoms with Gasteiger partial charge in [-0.05, 0) is 32.9 Å². The molecule has 1 unspecified atom stereocenters. The minimum absolute atomic E-state index is 0.284. The first-order valence-corrected chi connectivity index (χ1v) is 9.65. The van der Waals surface area contributed by atoms with Gasteiger partial charge >= 0.3 is 6.18 Å². The Morgan fingerprint density at radius 2 is 1.85 bits per heavy atom. The number of amides is 1. The lowest BCUT2D eigenvalue weighted by atomic mass is 10.2. The first-order valence-electron chi connectivity index (χ1n) is 7.35. The molecule has 0 saturated heterocycles. The first-order chi connectivity index (χ1) is 11.9. The number of carbonyl (C=O) groups is 1. The number of carbonyl (C=O) groups excluding carboxylic acids is 1. The molecule has 0 saturated carbocycles. The highest BCUT2D eigenvalue weighted by molar-refractivity contribution is 7.89. The van der Waals surface area contributed by atoms with E-state index >= 15 is 0 Å². The number of nitrogens with zero attached hydrogens (tertiary/aromatic N) is 1. The number of alkyl halides is 3. The molecule has 142 valence electrons. The van der Waals surface area contributed by atoms with Crippen molar-refractivity contribution in [3.63, 3.8) is 0 Å². The summed E-state index contributed by atoms with van der Waals surface area (Å²) in [4.78, 5) is 16.2. The molecule has 0 aliphatic rings. The maximum Gasteiger partial charge on any atom is 0.417 e. The number of aromatic nitrogens is 1. The predicted molar refractivity (Wildman–Crippen MR) is 91.4 cm³/mol. The molecule has 1 atom stereocenters. The number of nitrogens with one attached hydrogen (secondary N) is 2. The summed E-state index contributed by atoms with van der Waals surface area (Å²) in [5.41, 5.74) is -0.580. The molecule has 0 aliphatic heterocycles. The molecule has 2 N–H and O–H groups in total. The van der Waals surface area contributed by atoms with Gasteiger partial charge in [-0.1, -0.05) is 12.1 Å². The molecule has 0 spiro atoms. The predicted octanol–water partition coefficient (Wildman–Crippen LogP) is 3.08. The van der Waals surface area contributed by atoms with Crippen molar-refractivity contribution < 1.29 is 26.4 Å². The van der Waals surface area contributed by atoms with Gasteiger partial charge in [-0.15, -0.1) is 11.3 Å². The number of aryl methyl sites for hydroxylation is 2. The van der Waals surface area contributed by atoms with Gasteiger partial charge in [-0.25, -0.2) is 13.4 Å². The fourth-order valence-electron chi connectivity index (χ4n) is 2.02. The van der Waals surface area contributed by atoms with Crippen molar-refractivity contribution in [2.45, 2.75) is 37.9 Å². The monoisotopic (exact) mass is 407 g/mol. The van der Waals surface area contributed by atoms with Crippen LogP contribution in [-0.2, 0) is 21.0 Å². The van der Waals surface area contributed by atoms with E-state index in [1.165, 1.54) is 24.3 Å². The van der Waals surface area contributed by atoms with Gasteiger partial charge in [0.2, 0.25) is 15.9 Å². The number of thiazole rings is 1. The molecule has 0 radical (unpaired) electrons. The number of benzene rings is 1. The third kappa shape index (κ3) is 4.59. The van der Waals surface area contributed by atoms with Crippen molar-refractivity contribution in [3.8, 4) is 0 Å². The van der Waals surface area contributed by atoms with Crippen molar-refractivity contribution >= 4 is 32.4 Å². The Bertz CT molecular complexity index is 904. The molecule has 0 bridgehead atoms. The first kappa shape index (κ1) is 20.3. The topological polar surface area (TPSA) is 88.2 Å². The zero-order valence-electron chi connectivity index (χ0n) is 14.0. The molecule has 11 heteroatoms. The summed E-state index contributed by atoms with van der Waals surface area (Å²) in [5.74, 6) is -0.730. The molecule has 0 fully saturated rings. The van der Waals surface area contributed by atoms with Crippen LogP contribution in [0.4, 0.5) is 18.3 Å². The van der Waals surface area contributed by atoms with Crippen molar-refractivity contribution in [1.29, 1.82) is 0 Å². The van der Waals surface area contributed by atoms with E-state index in [-0.39, 0.29) is 5.13 Å². The van der Waals surface area contributed by atoms with Crippen LogP contribution in [0.2, 0.25) is 0 Å². The average molecular weight is 407 g/mol. The van der Waals surface area contributed by atoms with Crippen molar-refractivity contribution in [2.24, 2.45) is 0 Å². The highest BCUT2D eigenvalue weighted by atomic mass is 32.2. The molecule has 6 nitrogen and oxygen atoms in total. The Morgan fingerprint density at radius 3 is 2.38 bits per heavy atom. The van der Waals surface area contributed by atoms with E-state index in [0.717, 1.165) is 22.7 Å². The molecule has 2 aromatic rings. The molecular formula is C15H16F3N3O3S2. The number of halogens is 3. The zero-order valence-corrected chi connectivity index (χ0v) is 15.6. The lowest BCUT2D eigenvalue weighted by Gasteiger charge is -2.16. The van der Waals surface area contributed by atoms with Crippen molar-refractivity contribution in [1.82, 2.24) is 9.71 Å². The minimum atomic E-state index is -4.84. The number of sulfonamides is 1. The molecule has 0 aliphatic carbocycles. The summed E-state index contributed by atoms with van der Waals surface area (Å²) >= 11 is 1.21. The minimum Gasteiger partial charge on any atom is -0.301 e. The van der Waals surface area contributed by atoms with Gasteiger partial charge < -0.3 is 5.32 Å². The van der Waals surface area contributed by atoms with Crippen LogP contribution >= 0.6 is 11.3 Å². The Labute approximate surface area is 152 Å². The molecule has 1 heterocycles. The summed E-state index contributed by atoms with van der Waals surface area (Å²) in [5, 5.41) is 2.73. The van der Waals surface area contributed by atoms with E-state index in [1.807, 2.05) is 11.6 Å². The normalized spacial score (nSPS) is 13.5. The van der Waals surface area contributed by atoms with Crippen molar-refractivity contribution in [3.05, 3.63) is 40.4 Å². The summed E-state index contributed by atoms with van der Waals surface area (Å²) in [7, 11) is -4.56. The summed E-state index contributed by atoms with van der Waals surface area (Å²) in [6.07, 6.45) is -4.84. The van der Waals surface area contributed by atoms with Crippen molar-refractivity contribution in [2.75, 3.05) is 5.32 Å². The Hall–Kier alpha value is -1.98. The second-order valence-corrected chi connectivity index (χ2v) is 8.37. The number of anilines is 1. The Balaban J connectivity index is 2.20. The van der Waals surface area contributed by atoms with Gasteiger partial charge in [-0.3, -0.25) is 4.79 Å². The largest absolute Gasteiger partial charge is 0.417 e. The molecule has 1 amide bonds. The van der Waals surface area contributed by atoms with Crippen LogP contribution in [0, 0.1) is 13.8 Å². The fourth-order valence-corrected chi connectivity index (χ4v) is 4.27. The lowest BCUT2D eigenvalue weighted by Crippen LogP contribution is -2.42. The van der Waals surface area contributed by atoms with Crippen LogP contribution in [0.3, 0.4) is 0 Å². The van der Waals surface area contributed by atoms with E-state index in [2.05, 4.69) is 10.3 Å². The summed E-state index contributed by atoms with van der Waals surface area (Å²) in [6, 6.07) is 2.47. The van der Waals surface area contributed by atoms with Crippen LogP contribution in [-0.4, -0.2) is 25.4 Å². The third-order valence-electron chi connectivity index (χ3n) is 3.47. The summed E-state index contributed by atoms with van der Waals surface area (Å²) < 4.78 is 65.7. The third-order valence-corrected chi connectivity index (χ3v) is 6.05. The van der Waals surface area contributed by atoms with Crippen LogP contribution in [0.15, 0.2) is 29.2 Å². The van der Waals surface area contributed by atoms with E-state index < -0.39 is 38.6 Å². The molecule has 26 heavy (non-hydrogen) atoms. The van der Waals surface area contributed by atoms with Crippen LogP contribution in [0.25, 0.3) is 0 Å². The molecule has 1 aromatic carbocycles. The van der Waals surface area contributed by atoms with Crippen LogP contribution in [0.5, 0.6) is 0 Å². The van der Waals surface area contributed by atoms with Gasteiger partial charge in [0.1, 0.15) is 0 Å². The molecular weight excluding hydrogens is 391 g/mol. The second kappa shape index (κ2) is 7.33. The zero-order chi connectivity index (χ0) is 19.7. The lowest BCUT2D eigenvalue weighted by molar-refractivity contribution is -0.139. The standard InChI is InChI=1S/C15H16F3N3O3S2/c1-8-10(3)25-14(19-8)20-13(22)9(2)21-26(23,24)12-7-5-4-6-11(12)15(16,17)18/h4-7,9,21H,1-3H3,(H,19,20,22). The SMILES string of the molecule is Cc1nc(NC(=O)C(C)NS(=O)(=O)c2ccccc2C(F)(F)F)sc1C. The average Bonchev–Trinajstić information content (AvgIpc) is 2.84.